The molecular weight excluding hydrogens is 322 g/mol. The lowest BCUT2D eigenvalue weighted by atomic mass is 10.2. The molecule has 0 aliphatic heterocycles. The van der Waals surface area contributed by atoms with Crippen LogP contribution in [0.3, 0.4) is 0 Å². The molecule has 128 valence electrons. The first-order valence-electron chi connectivity index (χ1n) is 7.71. The van der Waals surface area contributed by atoms with Gasteiger partial charge in [0.2, 0.25) is 0 Å². The zero-order valence-electron chi connectivity index (χ0n) is 13.8. The van der Waals surface area contributed by atoms with Gasteiger partial charge in [-0.25, -0.2) is 4.79 Å². The number of carbonyl (C=O) groups is 1. The third kappa shape index (κ3) is 3.80. The van der Waals surface area contributed by atoms with Crippen molar-refractivity contribution in [2.75, 3.05) is 12.4 Å². The normalized spacial score (nSPS) is 11.8. The molecule has 0 fully saturated rings. The zero-order valence-corrected chi connectivity index (χ0v) is 13.8. The number of hydrogen-bond acceptors (Lipinski definition) is 5. The molecule has 0 unspecified atom stereocenters. The smallest absolute Gasteiger partial charge is 0.336 e. The Morgan fingerprint density at radius 3 is 2.68 bits per heavy atom. The minimum absolute atomic E-state index is 0.320. The summed E-state index contributed by atoms with van der Waals surface area (Å²) < 4.78 is 16.0. The van der Waals surface area contributed by atoms with Crippen molar-refractivity contribution in [1.29, 1.82) is 0 Å². The first kappa shape index (κ1) is 16.6. The summed E-state index contributed by atoms with van der Waals surface area (Å²) in [6.07, 6.45) is -0.752. The molecule has 1 heterocycles. The molecular formula is C19H17NO5. The van der Waals surface area contributed by atoms with Gasteiger partial charge in [-0.15, -0.1) is 0 Å². The predicted octanol–water partition coefficient (Wildman–Crippen LogP) is 3.21. The van der Waals surface area contributed by atoms with Crippen molar-refractivity contribution in [3.8, 4) is 11.5 Å². The van der Waals surface area contributed by atoms with E-state index in [2.05, 4.69) is 5.32 Å². The molecule has 0 aliphatic carbocycles. The van der Waals surface area contributed by atoms with Crippen LogP contribution in [0.25, 0.3) is 11.0 Å². The molecule has 2 aromatic carbocycles. The van der Waals surface area contributed by atoms with Gasteiger partial charge in [0.15, 0.2) is 6.10 Å². The Labute approximate surface area is 144 Å². The maximum atomic E-state index is 12.3. The van der Waals surface area contributed by atoms with Crippen molar-refractivity contribution in [3.05, 3.63) is 65.0 Å². The third-order valence-electron chi connectivity index (χ3n) is 3.64. The second-order valence-corrected chi connectivity index (χ2v) is 5.40. The third-order valence-corrected chi connectivity index (χ3v) is 3.64. The van der Waals surface area contributed by atoms with E-state index < -0.39 is 11.7 Å². The first-order chi connectivity index (χ1) is 12.1. The summed E-state index contributed by atoms with van der Waals surface area (Å²) in [5.41, 5.74) is 0.531. The molecule has 1 atom stereocenters. The number of benzene rings is 2. The van der Waals surface area contributed by atoms with Gasteiger partial charge in [0.05, 0.1) is 12.8 Å². The molecule has 1 amide bonds. The van der Waals surface area contributed by atoms with E-state index in [-0.39, 0.29) is 5.91 Å². The van der Waals surface area contributed by atoms with Crippen molar-refractivity contribution in [3.63, 3.8) is 0 Å². The zero-order chi connectivity index (χ0) is 17.8. The van der Waals surface area contributed by atoms with Gasteiger partial charge in [-0.2, -0.15) is 0 Å². The summed E-state index contributed by atoms with van der Waals surface area (Å²) in [7, 11) is 1.54. The Hall–Kier alpha value is -3.28. The molecule has 6 nitrogen and oxygen atoms in total. The lowest BCUT2D eigenvalue weighted by Gasteiger charge is -2.16. The van der Waals surface area contributed by atoms with Gasteiger partial charge in [-0.3, -0.25) is 4.79 Å². The van der Waals surface area contributed by atoms with Crippen molar-refractivity contribution in [2.24, 2.45) is 0 Å². The fourth-order valence-corrected chi connectivity index (χ4v) is 2.35. The highest BCUT2D eigenvalue weighted by Gasteiger charge is 2.17. The second-order valence-electron chi connectivity index (χ2n) is 5.40. The number of methoxy groups -OCH3 is 1. The number of nitrogens with one attached hydrogen (secondary N) is 1. The number of ether oxygens (including phenoxy) is 2. The van der Waals surface area contributed by atoms with Crippen LogP contribution < -0.4 is 20.4 Å². The maximum absolute atomic E-state index is 12.3. The first-order valence-corrected chi connectivity index (χ1v) is 7.71. The summed E-state index contributed by atoms with van der Waals surface area (Å²) in [6.45, 7) is 1.64. The number of hydrogen-bond donors (Lipinski definition) is 1. The largest absolute Gasteiger partial charge is 0.495 e. The van der Waals surface area contributed by atoms with Gasteiger partial charge in [0.1, 0.15) is 17.1 Å². The minimum Gasteiger partial charge on any atom is -0.495 e. The second kappa shape index (κ2) is 7.09. The van der Waals surface area contributed by atoms with E-state index in [0.29, 0.717) is 22.8 Å². The van der Waals surface area contributed by atoms with Crippen LogP contribution in [-0.2, 0) is 4.79 Å². The van der Waals surface area contributed by atoms with Crippen molar-refractivity contribution < 1.29 is 18.7 Å². The van der Waals surface area contributed by atoms with E-state index >= 15 is 0 Å². The Kier molecular flexibility index (Phi) is 4.70. The van der Waals surface area contributed by atoms with Crippen LogP contribution in [0.5, 0.6) is 11.5 Å². The summed E-state index contributed by atoms with van der Waals surface area (Å²) in [4.78, 5) is 23.6. The van der Waals surface area contributed by atoms with Crippen molar-refractivity contribution >= 4 is 22.6 Å². The van der Waals surface area contributed by atoms with Crippen LogP contribution in [0.1, 0.15) is 6.92 Å². The van der Waals surface area contributed by atoms with Crippen LogP contribution in [0.2, 0.25) is 0 Å². The van der Waals surface area contributed by atoms with Crippen LogP contribution >= 0.6 is 0 Å². The lowest BCUT2D eigenvalue weighted by Crippen LogP contribution is -2.30. The monoisotopic (exact) mass is 339 g/mol. The molecule has 0 saturated carbocycles. The minimum atomic E-state index is -0.752. The molecule has 1 aromatic heterocycles. The summed E-state index contributed by atoms with van der Waals surface area (Å²) in [5, 5.41) is 3.54. The molecule has 0 radical (unpaired) electrons. The van der Waals surface area contributed by atoms with Crippen LogP contribution in [0.15, 0.2) is 63.8 Å². The lowest BCUT2D eigenvalue weighted by molar-refractivity contribution is -0.122. The van der Waals surface area contributed by atoms with E-state index in [1.807, 2.05) is 6.07 Å². The van der Waals surface area contributed by atoms with Gasteiger partial charge in [-0.05, 0) is 37.3 Å². The number of anilines is 1. The number of amides is 1. The van der Waals surface area contributed by atoms with E-state index in [1.54, 1.807) is 49.4 Å². The SMILES string of the molecule is COc1ccccc1NC(=O)[C@@H](C)Oc1ccc2ccc(=O)oc2c1. The fraction of sp³-hybridized carbons (Fsp3) is 0.158. The highest BCUT2D eigenvalue weighted by molar-refractivity contribution is 5.95. The van der Waals surface area contributed by atoms with Crippen LogP contribution in [-0.4, -0.2) is 19.1 Å². The predicted molar refractivity (Wildman–Crippen MR) is 94.2 cm³/mol. The van der Waals surface area contributed by atoms with E-state index in [1.165, 1.54) is 13.2 Å². The highest BCUT2D eigenvalue weighted by atomic mass is 16.5. The Balaban J connectivity index is 1.74. The number of rotatable bonds is 5. The highest BCUT2D eigenvalue weighted by Crippen LogP contribution is 2.24. The van der Waals surface area contributed by atoms with Crippen molar-refractivity contribution in [2.45, 2.75) is 13.0 Å². The van der Waals surface area contributed by atoms with Crippen LogP contribution in [0, 0.1) is 0 Å². The molecule has 25 heavy (non-hydrogen) atoms. The summed E-state index contributed by atoms with van der Waals surface area (Å²) >= 11 is 0. The standard InChI is InChI=1S/C19H17NO5/c1-12(19(22)20-15-5-3-4-6-16(15)23-2)24-14-9-7-13-8-10-18(21)25-17(13)11-14/h3-12H,1-2H3,(H,20,22)/t12-/m1/s1. The average Bonchev–Trinajstić information content (AvgIpc) is 2.61. The number of fused-ring (bicyclic) bond motifs is 1. The van der Waals surface area contributed by atoms with Gasteiger partial charge >= 0.3 is 5.63 Å². The molecule has 0 spiro atoms. The average molecular weight is 339 g/mol. The molecule has 3 rings (SSSR count). The van der Waals surface area contributed by atoms with Gasteiger partial charge in [-0.1, -0.05) is 12.1 Å². The number of carbonyl (C=O) groups excluding carboxylic acids is 1. The quantitative estimate of drug-likeness (QED) is 0.722. The Bertz CT molecular complexity index is 963. The fourth-order valence-electron chi connectivity index (χ4n) is 2.35. The molecule has 0 saturated heterocycles. The Morgan fingerprint density at radius 2 is 1.88 bits per heavy atom. The molecule has 0 aliphatic rings. The summed E-state index contributed by atoms with van der Waals surface area (Å²) in [6, 6.07) is 15.2. The molecule has 6 heteroatoms. The topological polar surface area (TPSA) is 77.8 Å². The van der Waals surface area contributed by atoms with Crippen LogP contribution in [0.4, 0.5) is 5.69 Å². The number of para-hydroxylation sites is 2. The van der Waals surface area contributed by atoms with Gasteiger partial charge < -0.3 is 19.2 Å². The molecule has 3 aromatic rings. The van der Waals surface area contributed by atoms with E-state index in [9.17, 15) is 9.59 Å². The van der Waals surface area contributed by atoms with Crippen molar-refractivity contribution in [1.82, 2.24) is 0 Å². The maximum Gasteiger partial charge on any atom is 0.336 e. The van der Waals surface area contributed by atoms with E-state index in [0.717, 1.165) is 5.39 Å². The molecule has 1 N–H and O–H groups in total. The Morgan fingerprint density at radius 1 is 1.12 bits per heavy atom. The molecule has 0 bridgehead atoms. The van der Waals surface area contributed by atoms with E-state index in [4.69, 9.17) is 13.9 Å². The van der Waals surface area contributed by atoms with Gasteiger partial charge in [0.25, 0.3) is 5.91 Å². The van der Waals surface area contributed by atoms with Gasteiger partial charge in [0, 0.05) is 17.5 Å². The summed E-state index contributed by atoms with van der Waals surface area (Å²) in [5.74, 6) is 0.680.